The summed E-state index contributed by atoms with van der Waals surface area (Å²) in [6.07, 6.45) is 2.57. The molecule has 0 radical (unpaired) electrons. The van der Waals surface area contributed by atoms with Gasteiger partial charge in [0.25, 0.3) is 0 Å². The van der Waals surface area contributed by atoms with Gasteiger partial charge in [0.2, 0.25) is 0 Å². The van der Waals surface area contributed by atoms with Crippen LogP contribution in [0.15, 0.2) is 29.3 Å². The lowest BCUT2D eigenvalue weighted by Crippen LogP contribution is -2.41. The summed E-state index contributed by atoms with van der Waals surface area (Å²) in [6, 6.07) is 8.19. The van der Waals surface area contributed by atoms with Gasteiger partial charge in [-0.05, 0) is 58.3 Å². The molecule has 0 aliphatic carbocycles. The molecule has 1 aliphatic heterocycles. The van der Waals surface area contributed by atoms with Crippen molar-refractivity contribution in [2.24, 2.45) is 10.9 Å². The lowest BCUT2D eigenvalue weighted by molar-refractivity contribution is 0.214. The number of hydrogen-bond acceptors (Lipinski definition) is 3. The van der Waals surface area contributed by atoms with Gasteiger partial charge in [-0.1, -0.05) is 17.7 Å². The Labute approximate surface area is 153 Å². The molecule has 1 heterocycles. The predicted octanol–water partition coefficient (Wildman–Crippen LogP) is 2.61. The first-order chi connectivity index (χ1) is 12.1. The van der Waals surface area contributed by atoms with Gasteiger partial charge in [0.05, 0.1) is 6.54 Å². The van der Waals surface area contributed by atoms with Crippen LogP contribution in [0.3, 0.4) is 0 Å². The van der Waals surface area contributed by atoms with Crippen molar-refractivity contribution in [2.75, 3.05) is 53.4 Å². The predicted molar refractivity (Wildman–Crippen MR) is 106 cm³/mol. The Morgan fingerprint density at radius 2 is 2.12 bits per heavy atom. The van der Waals surface area contributed by atoms with E-state index in [-0.39, 0.29) is 0 Å². The Bertz CT molecular complexity index is 529. The van der Waals surface area contributed by atoms with Crippen LogP contribution < -0.4 is 10.1 Å². The standard InChI is InChI=1S/C20H34N4O/c1-5-21-20(22-15-18-7-6-12-23(3)16-18)24(4)13-14-25-19-10-8-17(2)9-11-19/h8-11,18H,5-7,12-16H2,1-4H3,(H,21,22). The van der Waals surface area contributed by atoms with Crippen LogP contribution in [0.1, 0.15) is 25.3 Å². The van der Waals surface area contributed by atoms with E-state index >= 15 is 0 Å². The largest absolute Gasteiger partial charge is 0.492 e. The Hall–Kier alpha value is -1.75. The molecule has 5 heteroatoms. The number of likely N-dealkylation sites (tertiary alicyclic amines) is 1. The maximum atomic E-state index is 5.84. The molecule has 5 nitrogen and oxygen atoms in total. The van der Waals surface area contributed by atoms with Gasteiger partial charge in [0, 0.05) is 26.7 Å². The third-order valence-corrected chi connectivity index (χ3v) is 4.63. The van der Waals surface area contributed by atoms with Crippen molar-refractivity contribution < 1.29 is 4.74 Å². The Morgan fingerprint density at radius 3 is 2.80 bits per heavy atom. The van der Waals surface area contributed by atoms with Gasteiger partial charge >= 0.3 is 0 Å². The number of guanidine groups is 1. The molecular formula is C20H34N4O. The monoisotopic (exact) mass is 346 g/mol. The van der Waals surface area contributed by atoms with Crippen molar-refractivity contribution in [3.05, 3.63) is 29.8 Å². The van der Waals surface area contributed by atoms with Crippen LogP contribution in [0, 0.1) is 12.8 Å². The fourth-order valence-corrected chi connectivity index (χ4v) is 3.15. The van der Waals surface area contributed by atoms with E-state index in [4.69, 9.17) is 9.73 Å². The van der Waals surface area contributed by atoms with Gasteiger partial charge in [0.1, 0.15) is 12.4 Å². The Kier molecular flexibility index (Phi) is 8.06. The van der Waals surface area contributed by atoms with Crippen LogP contribution in [0.2, 0.25) is 0 Å². The van der Waals surface area contributed by atoms with Crippen LogP contribution in [-0.4, -0.2) is 69.2 Å². The van der Waals surface area contributed by atoms with Crippen molar-refractivity contribution in [3.8, 4) is 5.75 Å². The number of piperidine rings is 1. The van der Waals surface area contributed by atoms with Gasteiger partial charge in [-0.15, -0.1) is 0 Å². The first-order valence-corrected chi connectivity index (χ1v) is 9.46. The number of benzene rings is 1. The Balaban J connectivity index is 1.80. The number of rotatable bonds is 7. The van der Waals surface area contributed by atoms with Crippen LogP contribution in [0.5, 0.6) is 5.75 Å². The number of aryl methyl sites for hydroxylation is 1. The van der Waals surface area contributed by atoms with Crippen molar-refractivity contribution in [1.29, 1.82) is 0 Å². The maximum Gasteiger partial charge on any atom is 0.193 e. The average Bonchev–Trinajstić information content (AvgIpc) is 2.60. The zero-order valence-corrected chi connectivity index (χ0v) is 16.3. The summed E-state index contributed by atoms with van der Waals surface area (Å²) < 4.78 is 5.84. The molecule has 25 heavy (non-hydrogen) atoms. The van der Waals surface area contributed by atoms with E-state index in [0.29, 0.717) is 12.5 Å². The normalized spacial score (nSPS) is 18.9. The van der Waals surface area contributed by atoms with Crippen LogP contribution in [0.25, 0.3) is 0 Å². The highest BCUT2D eigenvalue weighted by atomic mass is 16.5. The molecule has 1 unspecified atom stereocenters. The molecule has 1 saturated heterocycles. The molecule has 0 spiro atoms. The van der Waals surface area contributed by atoms with E-state index in [1.807, 2.05) is 12.1 Å². The van der Waals surface area contributed by atoms with Crippen molar-refractivity contribution in [3.63, 3.8) is 0 Å². The second-order valence-corrected chi connectivity index (χ2v) is 7.05. The van der Waals surface area contributed by atoms with Gasteiger partial charge in [-0.25, -0.2) is 0 Å². The highest BCUT2D eigenvalue weighted by molar-refractivity contribution is 5.79. The minimum atomic E-state index is 0.649. The van der Waals surface area contributed by atoms with Gasteiger partial charge < -0.3 is 19.9 Å². The molecule has 1 aromatic carbocycles. The van der Waals surface area contributed by atoms with Crippen molar-refractivity contribution in [1.82, 2.24) is 15.1 Å². The summed E-state index contributed by atoms with van der Waals surface area (Å²) in [5.74, 6) is 2.57. The molecule has 1 aromatic rings. The summed E-state index contributed by atoms with van der Waals surface area (Å²) in [5.41, 5.74) is 1.25. The van der Waals surface area contributed by atoms with Crippen LogP contribution >= 0.6 is 0 Å². The number of hydrogen-bond donors (Lipinski definition) is 1. The van der Waals surface area contributed by atoms with Gasteiger partial charge in [-0.3, -0.25) is 4.99 Å². The minimum absolute atomic E-state index is 0.649. The second-order valence-electron chi connectivity index (χ2n) is 7.05. The first-order valence-electron chi connectivity index (χ1n) is 9.46. The maximum absolute atomic E-state index is 5.84. The zero-order valence-electron chi connectivity index (χ0n) is 16.3. The van der Waals surface area contributed by atoms with Gasteiger partial charge in [0.15, 0.2) is 5.96 Å². The molecule has 1 atom stereocenters. The summed E-state index contributed by atoms with van der Waals surface area (Å²) in [6.45, 7) is 9.81. The van der Waals surface area contributed by atoms with Crippen molar-refractivity contribution >= 4 is 5.96 Å². The number of aliphatic imine (C=N–C) groups is 1. The molecule has 1 aliphatic rings. The number of likely N-dealkylation sites (N-methyl/N-ethyl adjacent to an activating group) is 1. The Morgan fingerprint density at radius 1 is 1.36 bits per heavy atom. The summed E-state index contributed by atoms with van der Waals surface area (Å²) >= 11 is 0. The second kappa shape index (κ2) is 10.3. The highest BCUT2D eigenvalue weighted by Crippen LogP contribution is 2.15. The lowest BCUT2D eigenvalue weighted by Gasteiger charge is -2.29. The van der Waals surface area contributed by atoms with Gasteiger partial charge in [-0.2, -0.15) is 0 Å². The smallest absolute Gasteiger partial charge is 0.193 e. The molecule has 140 valence electrons. The number of ether oxygens (including phenoxy) is 1. The number of nitrogens with zero attached hydrogens (tertiary/aromatic N) is 3. The lowest BCUT2D eigenvalue weighted by atomic mass is 9.99. The molecule has 0 aromatic heterocycles. The van der Waals surface area contributed by atoms with Crippen molar-refractivity contribution in [2.45, 2.75) is 26.7 Å². The SMILES string of the molecule is CCNC(=NCC1CCCN(C)C1)N(C)CCOc1ccc(C)cc1. The van der Waals surface area contributed by atoms with E-state index in [2.05, 4.69) is 55.2 Å². The minimum Gasteiger partial charge on any atom is -0.492 e. The molecule has 2 rings (SSSR count). The summed E-state index contributed by atoms with van der Waals surface area (Å²) in [4.78, 5) is 9.43. The molecule has 0 saturated carbocycles. The summed E-state index contributed by atoms with van der Waals surface area (Å²) in [5, 5.41) is 3.40. The van der Waals surface area contributed by atoms with E-state index in [9.17, 15) is 0 Å². The first kappa shape index (κ1) is 19.6. The summed E-state index contributed by atoms with van der Waals surface area (Å²) in [7, 11) is 4.28. The van der Waals surface area contributed by atoms with Crippen LogP contribution in [-0.2, 0) is 0 Å². The molecule has 0 bridgehead atoms. The fourth-order valence-electron chi connectivity index (χ4n) is 3.15. The van der Waals surface area contributed by atoms with E-state index in [1.165, 1.54) is 24.9 Å². The average molecular weight is 347 g/mol. The third kappa shape index (κ3) is 6.94. The van der Waals surface area contributed by atoms with E-state index in [0.717, 1.165) is 37.9 Å². The number of nitrogens with one attached hydrogen (secondary N) is 1. The molecule has 1 N–H and O–H groups in total. The van der Waals surface area contributed by atoms with Crippen LogP contribution in [0.4, 0.5) is 0 Å². The molecular weight excluding hydrogens is 312 g/mol. The third-order valence-electron chi connectivity index (χ3n) is 4.63. The fraction of sp³-hybridized carbons (Fsp3) is 0.650. The zero-order chi connectivity index (χ0) is 18.1. The molecule has 1 fully saturated rings. The van der Waals surface area contributed by atoms with E-state index < -0.39 is 0 Å². The van der Waals surface area contributed by atoms with E-state index in [1.54, 1.807) is 0 Å². The highest BCUT2D eigenvalue weighted by Gasteiger charge is 2.17. The quantitative estimate of drug-likeness (QED) is 0.609. The topological polar surface area (TPSA) is 40.1 Å². The molecule has 0 amide bonds.